The number of nitrogens with zero attached hydrogens (tertiary/aromatic N) is 3. The minimum Gasteiger partial charge on any atom is -0.454 e. The second kappa shape index (κ2) is 9.51. The molecule has 9 aromatic rings. The number of fused-ring (bicyclic) bond motifs is 11. The van der Waals surface area contributed by atoms with Gasteiger partial charge in [-0.3, -0.25) is 4.57 Å². The van der Waals surface area contributed by atoms with Crippen molar-refractivity contribution in [1.29, 1.82) is 0 Å². The van der Waals surface area contributed by atoms with Crippen LogP contribution in [0.1, 0.15) is 25.0 Å². The number of furan rings is 1. The number of rotatable bonds is 3. The Hall–Kier alpha value is -6.00. The van der Waals surface area contributed by atoms with E-state index >= 15 is 0 Å². The van der Waals surface area contributed by atoms with Crippen LogP contribution in [0.15, 0.2) is 144 Å². The van der Waals surface area contributed by atoms with Crippen molar-refractivity contribution in [3.8, 4) is 39.6 Å². The van der Waals surface area contributed by atoms with E-state index in [-0.39, 0.29) is 5.41 Å². The van der Waals surface area contributed by atoms with Crippen molar-refractivity contribution < 1.29 is 4.42 Å². The van der Waals surface area contributed by atoms with E-state index in [0.29, 0.717) is 5.95 Å². The average molecular weight is 604 g/mol. The summed E-state index contributed by atoms with van der Waals surface area (Å²) in [6.45, 7) is 4.68. The van der Waals surface area contributed by atoms with Crippen LogP contribution >= 0.6 is 0 Å². The van der Waals surface area contributed by atoms with E-state index in [1.165, 1.54) is 22.3 Å². The molecule has 0 N–H and O–H groups in total. The standard InChI is InChI=1S/C43H29N3O/c1-43(2)34-19-11-9-17-28(34)30-21-22-31-32-23-24-33-29-18-10-12-20-37(29)47-41(33)40(32)46(39(31)38(30)43)42-44-35(26-13-5-3-6-14-26)25-36(45-42)27-15-7-4-8-16-27/h3-25H,1-2H3. The highest BCUT2D eigenvalue weighted by molar-refractivity contribution is 6.22. The number of hydrogen-bond donors (Lipinski definition) is 0. The summed E-state index contributed by atoms with van der Waals surface area (Å²) in [6.07, 6.45) is 0. The molecule has 1 aliphatic rings. The molecule has 0 radical (unpaired) electrons. The third-order valence-electron chi connectivity index (χ3n) is 10.0. The minimum absolute atomic E-state index is 0.246. The Morgan fingerprint density at radius 1 is 0.532 bits per heavy atom. The van der Waals surface area contributed by atoms with Gasteiger partial charge in [-0.1, -0.05) is 135 Å². The predicted octanol–water partition coefficient (Wildman–Crippen LogP) is 11.1. The molecule has 3 aromatic heterocycles. The SMILES string of the molecule is CC1(C)c2ccccc2-c2ccc3c4ccc5c6ccccc6oc5c4n(-c4nc(-c5ccccc5)cc(-c5ccccc5)n4)c3c21. The van der Waals surface area contributed by atoms with Gasteiger partial charge in [0.05, 0.1) is 16.9 Å². The summed E-state index contributed by atoms with van der Waals surface area (Å²) in [7, 11) is 0. The summed E-state index contributed by atoms with van der Waals surface area (Å²) in [5.41, 5.74) is 12.6. The maximum absolute atomic E-state index is 6.74. The minimum atomic E-state index is -0.246. The summed E-state index contributed by atoms with van der Waals surface area (Å²) < 4.78 is 9.04. The van der Waals surface area contributed by atoms with E-state index in [0.717, 1.165) is 66.3 Å². The number of aromatic nitrogens is 3. The Bertz CT molecular complexity index is 2640. The molecule has 6 aromatic carbocycles. The van der Waals surface area contributed by atoms with Gasteiger partial charge in [0.2, 0.25) is 5.95 Å². The second-order valence-corrected chi connectivity index (χ2v) is 13.0. The largest absolute Gasteiger partial charge is 0.454 e. The van der Waals surface area contributed by atoms with E-state index in [4.69, 9.17) is 14.4 Å². The maximum atomic E-state index is 6.74. The molecular formula is C43H29N3O. The highest BCUT2D eigenvalue weighted by Crippen LogP contribution is 2.53. The first-order valence-electron chi connectivity index (χ1n) is 16.1. The molecule has 10 rings (SSSR count). The lowest BCUT2D eigenvalue weighted by atomic mass is 9.81. The first-order chi connectivity index (χ1) is 23.1. The molecule has 4 nitrogen and oxygen atoms in total. The molecule has 3 heterocycles. The van der Waals surface area contributed by atoms with Crippen molar-refractivity contribution in [3.05, 3.63) is 151 Å². The quantitative estimate of drug-likeness (QED) is 0.202. The summed E-state index contributed by atoms with van der Waals surface area (Å²) in [5, 5.41) is 4.47. The molecule has 0 spiro atoms. The molecule has 0 saturated carbocycles. The number of benzene rings is 6. The molecule has 1 aliphatic carbocycles. The molecule has 0 aliphatic heterocycles. The van der Waals surface area contributed by atoms with Crippen molar-refractivity contribution in [2.24, 2.45) is 0 Å². The molecule has 222 valence electrons. The van der Waals surface area contributed by atoms with E-state index in [2.05, 4.69) is 134 Å². The average Bonchev–Trinajstić information content (AvgIpc) is 3.75. The molecule has 0 bridgehead atoms. The smallest absolute Gasteiger partial charge is 0.235 e. The van der Waals surface area contributed by atoms with Gasteiger partial charge in [0, 0.05) is 38.1 Å². The van der Waals surface area contributed by atoms with Crippen molar-refractivity contribution >= 4 is 43.7 Å². The van der Waals surface area contributed by atoms with Gasteiger partial charge in [0.15, 0.2) is 5.58 Å². The van der Waals surface area contributed by atoms with E-state index < -0.39 is 0 Å². The lowest BCUT2D eigenvalue weighted by Gasteiger charge is -2.23. The van der Waals surface area contributed by atoms with Gasteiger partial charge in [0.1, 0.15) is 11.1 Å². The zero-order valence-electron chi connectivity index (χ0n) is 26.0. The third kappa shape index (κ3) is 3.64. The van der Waals surface area contributed by atoms with Crippen LogP contribution in [-0.2, 0) is 5.41 Å². The Labute approximate surface area is 271 Å². The third-order valence-corrected chi connectivity index (χ3v) is 10.0. The highest BCUT2D eigenvalue weighted by atomic mass is 16.3. The monoisotopic (exact) mass is 603 g/mol. The molecule has 0 unspecified atom stereocenters. The second-order valence-electron chi connectivity index (χ2n) is 13.0. The zero-order valence-corrected chi connectivity index (χ0v) is 26.0. The number of hydrogen-bond acceptors (Lipinski definition) is 3. The molecular weight excluding hydrogens is 574 g/mol. The van der Waals surface area contributed by atoms with Crippen LogP contribution in [0.5, 0.6) is 0 Å². The van der Waals surface area contributed by atoms with Crippen molar-refractivity contribution in [1.82, 2.24) is 14.5 Å². The first kappa shape index (κ1) is 26.2. The van der Waals surface area contributed by atoms with Gasteiger partial charge in [-0.15, -0.1) is 0 Å². The fraction of sp³-hybridized carbons (Fsp3) is 0.0698. The van der Waals surface area contributed by atoms with Crippen LogP contribution in [0.2, 0.25) is 0 Å². The van der Waals surface area contributed by atoms with Crippen LogP contribution in [0.3, 0.4) is 0 Å². The predicted molar refractivity (Wildman–Crippen MR) is 192 cm³/mol. The molecule has 0 atom stereocenters. The lowest BCUT2D eigenvalue weighted by Crippen LogP contribution is -2.17. The van der Waals surface area contributed by atoms with Crippen molar-refractivity contribution in [3.63, 3.8) is 0 Å². The maximum Gasteiger partial charge on any atom is 0.235 e. The van der Waals surface area contributed by atoms with Gasteiger partial charge in [-0.25, -0.2) is 9.97 Å². The summed E-state index contributed by atoms with van der Waals surface area (Å²) in [6, 6.07) is 49.0. The fourth-order valence-corrected chi connectivity index (χ4v) is 7.87. The van der Waals surface area contributed by atoms with Crippen LogP contribution in [-0.4, -0.2) is 14.5 Å². The van der Waals surface area contributed by atoms with Crippen LogP contribution < -0.4 is 0 Å². The zero-order chi connectivity index (χ0) is 31.3. The topological polar surface area (TPSA) is 43.9 Å². The molecule has 0 amide bonds. The molecule has 4 heteroatoms. The van der Waals surface area contributed by atoms with E-state index in [1.54, 1.807) is 0 Å². The van der Waals surface area contributed by atoms with Gasteiger partial charge < -0.3 is 4.42 Å². The van der Waals surface area contributed by atoms with Crippen molar-refractivity contribution in [2.45, 2.75) is 19.3 Å². The Kier molecular flexibility index (Phi) is 5.31. The lowest BCUT2D eigenvalue weighted by molar-refractivity contribution is 0.662. The van der Waals surface area contributed by atoms with Crippen LogP contribution in [0.4, 0.5) is 0 Å². The fourth-order valence-electron chi connectivity index (χ4n) is 7.87. The highest BCUT2D eigenvalue weighted by Gasteiger charge is 2.39. The summed E-state index contributed by atoms with van der Waals surface area (Å²) >= 11 is 0. The molecule has 47 heavy (non-hydrogen) atoms. The summed E-state index contributed by atoms with van der Waals surface area (Å²) in [4.78, 5) is 10.7. The van der Waals surface area contributed by atoms with E-state index in [1.807, 2.05) is 24.3 Å². The van der Waals surface area contributed by atoms with Gasteiger partial charge in [0.25, 0.3) is 0 Å². The van der Waals surface area contributed by atoms with Gasteiger partial charge in [-0.05, 0) is 40.5 Å². The Balaban J connectivity index is 1.42. The molecule has 0 fully saturated rings. The first-order valence-corrected chi connectivity index (χ1v) is 16.1. The van der Waals surface area contributed by atoms with Gasteiger partial charge in [-0.2, -0.15) is 0 Å². The van der Waals surface area contributed by atoms with Crippen LogP contribution in [0, 0.1) is 0 Å². The Morgan fingerprint density at radius 3 is 1.87 bits per heavy atom. The molecule has 0 saturated heterocycles. The normalized spacial score (nSPS) is 13.5. The van der Waals surface area contributed by atoms with Crippen molar-refractivity contribution in [2.75, 3.05) is 0 Å². The van der Waals surface area contributed by atoms with Crippen LogP contribution in [0.25, 0.3) is 83.3 Å². The van der Waals surface area contributed by atoms with E-state index in [9.17, 15) is 0 Å². The Morgan fingerprint density at radius 2 is 1.13 bits per heavy atom. The summed E-state index contributed by atoms with van der Waals surface area (Å²) in [5.74, 6) is 0.623. The number of para-hydroxylation sites is 1. The van der Waals surface area contributed by atoms with Gasteiger partial charge >= 0.3 is 0 Å².